The predicted octanol–water partition coefficient (Wildman–Crippen LogP) is 5.31. The molecule has 0 bridgehead atoms. The molecule has 6 nitrogen and oxygen atoms in total. The molecule has 3 heterocycles. The summed E-state index contributed by atoms with van der Waals surface area (Å²) in [5.74, 6) is 0.965. The Balaban J connectivity index is 1.49. The number of aromatic nitrogens is 2. The molecule has 0 aliphatic carbocycles. The Morgan fingerprint density at radius 1 is 0.970 bits per heavy atom. The molecule has 1 N–H and O–H groups in total. The van der Waals surface area contributed by atoms with Crippen molar-refractivity contribution < 1.29 is 9.13 Å². The molecule has 7 heteroatoms. The van der Waals surface area contributed by atoms with Gasteiger partial charge in [0.15, 0.2) is 12.5 Å². The summed E-state index contributed by atoms with van der Waals surface area (Å²) in [6, 6.07) is 18.7. The summed E-state index contributed by atoms with van der Waals surface area (Å²) in [5.41, 5.74) is 3.68. The van der Waals surface area contributed by atoms with Crippen LogP contribution in [0.4, 0.5) is 10.3 Å². The monoisotopic (exact) mass is 445 g/mol. The van der Waals surface area contributed by atoms with Crippen LogP contribution in [-0.4, -0.2) is 39.8 Å². The number of nitrogens with zero attached hydrogens (tertiary/aromatic N) is 4. The maximum Gasteiger partial charge on any atom is 0.223 e. The highest BCUT2D eigenvalue weighted by Gasteiger charge is 2.32. The molecule has 1 atom stereocenters. The van der Waals surface area contributed by atoms with Crippen molar-refractivity contribution in [1.29, 1.82) is 0 Å². The average Bonchev–Trinajstić information content (AvgIpc) is 3.31. The molecule has 2 aliphatic heterocycles. The number of hydrogen-bond donors (Lipinski definition) is 1. The highest BCUT2D eigenvalue weighted by molar-refractivity contribution is 5.87. The third-order valence-electron chi connectivity index (χ3n) is 6.13. The van der Waals surface area contributed by atoms with Gasteiger partial charge in [0.2, 0.25) is 5.95 Å². The van der Waals surface area contributed by atoms with E-state index in [-0.39, 0.29) is 11.9 Å². The van der Waals surface area contributed by atoms with E-state index in [2.05, 4.69) is 39.4 Å². The second kappa shape index (κ2) is 9.58. The summed E-state index contributed by atoms with van der Waals surface area (Å²) < 4.78 is 19.9. The number of anilines is 1. The first-order valence-corrected chi connectivity index (χ1v) is 11.5. The molecule has 0 saturated carbocycles. The molecule has 0 unspecified atom stereocenters. The van der Waals surface area contributed by atoms with Gasteiger partial charge in [0.05, 0.1) is 6.04 Å². The molecular weight excluding hydrogens is 417 g/mol. The Hall–Kier alpha value is -3.45. The number of hydrogen-bond acceptors (Lipinski definition) is 6. The second-order valence-electron chi connectivity index (χ2n) is 8.41. The van der Waals surface area contributed by atoms with Crippen molar-refractivity contribution in [2.75, 3.05) is 25.1 Å². The van der Waals surface area contributed by atoms with Crippen molar-refractivity contribution in [3.8, 4) is 0 Å². The van der Waals surface area contributed by atoms with E-state index in [4.69, 9.17) is 9.72 Å². The Labute approximate surface area is 193 Å². The lowest BCUT2D eigenvalue weighted by Gasteiger charge is -2.36. The largest absolute Gasteiger partial charge is 0.467 e. The van der Waals surface area contributed by atoms with Gasteiger partial charge in [-0.25, -0.2) is 19.4 Å². The smallest absolute Gasteiger partial charge is 0.223 e. The van der Waals surface area contributed by atoms with Crippen molar-refractivity contribution in [3.63, 3.8) is 0 Å². The lowest BCUT2D eigenvalue weighted by atomic mass is 10.1. The van der Waals surface area contributed by atoms with Crippen molar-refractivity contribution >= 4 is 17.4 Å². The van der Waals surface area contributed by atoms with Gasteiger partial charge in [-0.05, 0) is 55.7 Å². The van der Waals surface area contributed by atoms with E-state index in [0.717, 1.165) is 42.8 Å². The molecule has 1 fully saturated rings. The van der Waals surface area contributed by atoms with E-state index in [1.54, 1.807) is 18.3 Å². The molecule has 0 spiro atoms. The van der Waals surface area contributed by atoms with E-state index in [0.29, 0.717) is 24.1 Å². The van der Waals surface area contributed by atoms with Crippen LogP contribution in [0, 0.1) is 5.82 Å². The molecule has 170 valence electrons. The Kier molecular flexibility index (Phi) is 6.21. The van der Waals surface area contributed by atoms with Crippen molar-refractivity contribution in [3.05, 3.63) is 89.5 Å². The molecule has 0 amide bonds. The van der Waals surface area contributed by atoms with E-state index in [9.17, 15) is 4.39 Å². The van der Waals surface area contributed by atoms with Crippen LogP contribution >= 0.6 is 0 Å². The standard InChI is InChI=1S/C26H28FN5O/c1-19(20-8-4-2-5-9-20)29-26-28-15-14-23(30-26)25-24(21-10-12-22(27)13-11-21)32(18-33-25)31-16-6-3-7-17-31/h2,4-5,8-15,19H,3,6-7,16-18H2,1H3,(H,28,29,30)/t19-/m0/s1. The quantitative estimate of drug-likeness (QED) is 0.555. The molecule has 1 saturated heterocycles. The number of hydrazine groups is 1. The summed E-state index contributed by atoms with van der Waals surface area (Å²) in [5, 5.41) is 7.88. The highest BCUT2D eigenvalue weighted by atomic mass is 19.1. The molecule has 2 aliphatic rings. The first-order valence-electron chi connectivity index (χ1n) is 11.5. The van der Waals surface area contributed by atoms with Gasteiger partial charge in [0, 0.05) is 24.8 Å². The molecule has 0 radical (unpaired) electrons. The van der Waals surface area contributed by atoms with Crippen LogP contribution in [0.2, 0.25) is 0 Å². The van der Waals surface area contributed by atoms with Crippen LogP contribution in [-0.2, 0) is 4.74 Å². The highest BCUT2D eigenvalue weighted by Crippen LogP contribution is 2.37. The van der Waals surface area contributed by atoms with Gasteiger partial charge in [-0.2, -0.15) is 0 Å². The summed E-state index contributed by atoms with van der Waals surface area (Å²) >= 11 is 0. The first-order chi connectivity index (χ1) is 16.2. The summed E-state index contributed by atoms with van der Waals surface area (Å²) in [4.78, 5) is 9.19. The van der Waals surface area contributed by atoms with Gasteiger partial charge in [-0.3, -0.25) is 5.01 Å². The Morgan fingerprint density at radius 2 is 1.73 bits per heavy atom. The minimum Gasteiger partial charge on any atom is -0.467 e. The molecule has 33 heavy (non-hydrogen) atoms. The fraction of sp³-hybridized carbons (Fsp3) is 0.308. The van der Waals surface area contributed by atoms with Crippen LogP contribution < -0.4 is 5.32 Å². The van der Waals surface area contributed by atoms with E-state index in [1.807, 2.05) is 24.3 Å². The van der Waals surface area contributed by atoms with Crippen LogP contribution in [0.5, 0.6) is 0 Å². The zero-order valence-corrected chi connectivity index (χ0v) is 18.7. The lowest BCUT2D eigenvalue weighted by Crippen LogP contribution is -2.43. The first kappa shape index (κ1) is 21.4. The number of rotatable bonds is 6. The topological polar surface area (TPSA) is 53.5 Å². The maximum absolute atomic E-state index is 13.7. The number of halogens is 1. The van der Waals surface area contributed by atoms with Crippen LogP contribution in [0.3, 0.4) is 0 Å². The Morgan fingerprint density at radius 3 is 2.48 bits per heavy atom. The maximum atomic E-state index is 13.7. The zero-order chi connectivity index (χ0) is 22.6. The van der Waals surface area contributed by atoms with Crippen molar-refractivity contribution in [1.82, 2.24) is 20.0 Å². The van der Waals surface area contributed by atoms with Gasteiger partial charge >= 0.3 is 0 Å². The number of ether oxygens (including phenoxy) is 1. The Bertz CT molecular complexity index is 1110. The summed E-state index contributed by atoms with van der Waals surface area (Å²) in [6.07, 6.45) is 5.29. The molecular formula is C26H28FN5O. The van der Waals surface area contributed by atoms with Gasteiger partial charge in [0.1, 0.15) is 17.2 Å². The van der Waals surface area contributed by atoms with E-state index >= 15 is 0 Å². The van der Waals surface area contributed by atoms with Crippen LogP contribution in [0.1, 0.15) is 49.0 Å². The van der Waals surface area contributed by atoms with Gasteiger partial charge in [-0.1, -0.05) is 36.8 Å². The SMILES string of the molecule is C[C@H](Nc1nccc(C2=C(c3ccc(F)cc3)N(N3CCCCC3)CO2)n1)c1ccccc1. The normalized spacial score (nSPS) is 17.7. The van der Waals surface area contributed by atoms with Crippen LogP contribution in [0.25, 0.3) is 11.5 Å². The van der Waals surface area contributed by atoms with Gasteiger partial charge in [-0.15, -0.1) is 0 Å². The molecule has 1 aromatic heterocycles. The summed E-state index contributed by atoms with van der Waals surface area (Å²) in [6.45, 7) is 4.45. The minimum atomic E-state index is -0.257. The predicted molar refractivity (Wildman–Crippen MR) is 127 cm³/mol. The molecule has 3 aromatic rings. The number of piperidine rings is 1. The van der Waals surface area contributed by atoms with Crippen LogP contribution in [0.15, 0.2) is 66.9 Å². The van der Waals surface area contributed by atoms with Gasteiger partial charge in [0.25, 0.3) is 0 Å². The lowest BCUT2D eigenvalue weighted by molar-refractivity contribution is -0.0241. The minimum absolute atomic E-state index is 0.0568. The third kappa shape index (κ3) is 4.68. The molecule has 5 rings (SSSR count). The third-order valence-corrected chi connectivity index (χ3v) is 6.13. The zero-order valence-electron chi connectivity index (χ0n) is 18.7. The molecule has 2 aromatic carbocycles. The number of nitrogens with one attached hydrogen (secondary N) is 1. The average molecular weight is 446 g/mol. The van der Waals surface area contributed by atoms with Crippen molar-refractivity contribution in [2.24, 2.45) is 0 Å². The van der Waals surface area contributed by atoms with Gasteiger partial charge < -0.3 is 10.1 Å². The fourth-order valence-electron chi connectivity index (χ4n) is 4.37. The van der Waals surface area contributed by atoms with E-state index in [1.165, 1.54) is 18.6 Å². The fourth-order valence-corrected chi connectivity index (χ4v) is 4.37. The van der Waals surface area contributed by atoms with Crippen molar-refractivity contribution in [2.45, 2.75) is 32.2 Å². The second-order valence-corrected chi connectivity index (χ2v) is 8.41. The van der Waals surface area contributed by atoms with E-state index < -0.39 is 0 Å². The number of benzene rings is 2. The summed E-state index contributed by atoms with van der Waals surface area (Å²) in [7, 11) is 0.